The number of carbonyl (C=O) groups is 1. The highest BCUT2D eigenvalue weighted by atomic mass is 35.5. The third-order valence-corrected chi connectivity index (χ3v) is 6.44. The third-order valence-electron chi connectivity index (χ3n) is 4.26. The third kappa shape index (κ3) is 3.88. The van der Waals surface area contributed by atoms with Gasteiger partial charge in [0.2, 0.25) is 10.0 Å². The van der Waals surface area contributed by atoms with Crippen LogP contribution in [0.2, 0.25) is 5.02 Å². The number of hydrogen-bond acceptors (Lipinski definition) is 5. The molecule has 1 saturated heterocycles. The molecule has 0 saturated carbocycles. The Morgan fingerprint density at radius 2 is 2.00 bits per heavy atom. The number of halogens is 1. The molecular weight excluding hydrogens is 394 g/mol. The molecule has 0 atom stereocenters. The second kappa shape index (κ2) is 7.16. The maximum Gasteiger partial charge on any atom is 0.273 e. The van der Waals surface area contributed by atoms with Crippen molar-refractivity contribution in [2.24, 2.45) is 0 Å². The van der Waals surface area contributed by atoms with Gasteiger partial charge < -0.3 is 5.32 Å². The predicted octanol–water partition coefficient (Wildman–Crippen LogP) is 3.35. The molecule has 10 heteroatoms. The van der Waals surface area contributed by atoms with Crippen LogP contribution in [0.3, 0.4) is 0 Å². The van der Waals surface area contributed by atoms with Gasteiger partial charge in [-0.15, -0.1) is 0 Å². The zero-order valence-electron chi connectivity index (χ0n) is 14.3. The Hall–Kier alpha value is -2.65. The van der Waals surface area contributed by atoms with Gasteiger partial charge in [-0.3, -0.25) is 19.2 Å². The van der Waals surface area contributed by atoms with E-state index in [1.54, 1.807) is 13.0 Å². The van der Waals surface area contributed by atoms with Crippen LogP contribution in [-0.2, 0) is 10.0 Å². The van der Waals surface area contributed by atoms with E-state index in [1.165, 1.54) is 34.6 Å². The molecular formula is C17H16ClN3O5S. The molecule has 1 aliphatic rings. The van der Waals surface area contributed by atoms with Gasteiger partial charge in [0, 0.05) is 23.7 Å². The number of nitro groups is 1. The second-order valence-electron chi connectivity index (χ2n) is 6.12. The summed E-state index contributed by atoms with van der Waals surface area (Å²) >= 11 is 6.19. The number of carbonyl (C=O) groups excluding carboxylic acids is 1. The maximum atomic E-state index is 12.4. The van der Waals surface area contributed by atoms with E-state index in [0.29, 0.717) is 24.2 Å². The van der Waals surface area contributed by atoms with E-state index in [4.69, 9.17) is 11.6 Å². The molecule has 3 rings (SSSR count). The van der Waals surface area contributed by atoms with Gasteiger partial charge in [-0.2, -0.15) is 0 Å². The van der Waals surface area contributed by atoms with Crippen molar-refractivity contribution in [2.45, 2.75) is 13.3 Å². The molecule has 0 radical (unpaired) electrons. The van der Waals surface area contributed by atoms with Crippen molar-refractivity contribution in [1.82, 2.24) is 0 Å². The van der Waals surface area contributed by atoms with Crippen molar-refractivity contribution < 1.29 is 18.1 Å². The summed E-state index contributed by atoms with van der Waals surface area (Å²) in [6.07, 6.45) is 0.546. The van der Waals surface area contributed by atoms with E-state index in [-0.39, 0.29) is 27.7 Å². The summed E-state index contributed by atoms with van der Waals surface area (Å²) in [4.78, 5) is 22.9. The minimum atomic E-state index is -3.33. The van der Waals surface area contributed by atoms with Crippen LogP contribution in [0.15, 0.2) is 36.4 Å². The van der Waals surface area contributed by atoms with Gasteiger partial charge in [-0.25, -0.2) is 8.42 Å². The van der Waals surface area contributed by atoms with Crippen molar-refractivity contribution in [3.63, 3.8) is 0 Å². The van der Waals surface area contributed by atoms with E-state index in [2.05, 4.69) is 5.32 Å². The Balaban J connectivity index is 1.83. The molecule has 8 nitrogen and oxygen atoms in total. The number of amides is 1. The summed E-state index contributed by atoms with van der Waals surface area (Å²) in [6.45, 7) is 1.97. The highest BCUT2D eigenvalue weighted by Crippen LogP contribution is 2.31. The molecule has 1 fully saturated rings. The number of anilines is 2. The summed E-state index contributed by atoms with van der Waals surface area (Å²) in [7, 11) is -3.33. The van der Waals surface area contributed by atoms with E-state index in [1.807, 2.05) is 0 Å². The molecule has 1 amide bonds. The van der Waals surface area contributed by atoms with Crippen molar-refractivity contribution in [3.05, 3.63) is 62.7 Å². The first-order valence-electron chi connectivity index (χ1n) is 8.05. The molecule has 1 aliphatic heterocycles. The Bertz CT molecular complexity index is 1040. The van der Waals surface area contributed by atoms with Crippen molar-refractivity contribution in [3.8, 4) is 0 Å². The highest BCUT2D eigenvalue weighted by Gasteiger charge is 2.28. The summed E-state index contributed by atoms with van der Waals surface area (Å²) in [5.41, 5.74) is 1.13. The van der Waals surface area contributed by atoms with Crippen molar-refractivity contribution >= 4 is 44.6 Å². The lowest BCUT2D eigenvalue weighted by molar-refractivity contribution is -0.385. The van der Waals surface area contributed by atoms with E-state index < -0.39 is 20.9 Å². The van der Waals surface area contributed by atoms with Crippen LogP contribution in [0.5, 0.6) is 0 Å². The molecule has 0 spiro atoms. The van der Waals surface area contributed by atoms with Crippen LogP contribution in [-0.4, -0.2) is 31.5 Å². The van der Waals surface area contributed by atoms with Crippen LogP contribution < -0.4 is 9.62 Å². The fourth-order valence-corrected chi connectivity index (χ4v) is 4.61. The molecule has 2 aromatic carbocycles. The summed E-state index contributed by atoms with van der Waals surface area (Å²) in [5, 5.41) is 13.8. The average molecular weight is 410 g/mol. The van der Waals surface area contributed by atoms with E-state index >= 15 is 0 Å². The average Bonchev–Trinajstić information content (AvgIpc) is 2.96. The fraction of sp³-hybridized carbons (Fsp3) is 0.235. The molecule has 0 aromatic heterocycles. The minimum Gasteiger partial charge on any atom is -0.321 e. The number of aryl methyl sites for hydroxylation is 1. The summed E-state index contributed by atoms with van der Waals surface area (Å²) in [5.74, 6) is -0.462. The highest BCUT2D eigenvalue weighted by molar-refractivity contribution is 7.93. The molecule has 0 aliphatic carbocycles. The quantitative estimate of drug-likeness (QED) is 0.615. The Kier molecular flexibility index (Phi) is 5.07. The molecule has 142 valence electrons. The zero-order chi connectivity index (χ0) is 19.8. The summed E-state index contributed by atoms with van der Waals surface area (Å²) in [6, 6.07) is 8.71. The van der Waals surface area contributed by atoms with Crippen LogP contribution in [0.1, 0.15) is 22.3 Å². The van der Waals surface area contributed by atoms with Gasteiger partial charge >= 0.3 is 0 Å². The summed E-state index contributed by atoms with van der Waals surface area (Å²) < 4.78 is 25.3. The van der Waals surface area contributed by atoms with Crippen molar-refractivity contribution in [2.75, 3.05) is 21.9 Å². The lowest BCUT2D eigenvalue weighted by Crippen LogP contribution is -2.25. The van der Waals surface area contributed by atoms with Gasteiger partial charge in [0.05, 0.1) is 27.1 Å². The van der Waals surface area contributed by atoms with E-state index in [0.717, 1.165) is 0 Å². The molecule has 1 heterocycles. The van der Waals surface area contributed by atoms with Crippen LogP contribution in [0, 0.1) is 17.0 Å². The molecule has 27 heavy (non-hydrogen) atoms. The number of nitrogens with one attached hydrogen (secondary N) is 1. The van der Waals surface area contributed by atoms with Gasteiger partial charge in [-0.05, 0) is 37.6 Å². The SMILES string of the molecule is Cc1ccc(C(=O)Nc2ccc(N3CCCS3(=O)=O)cc2Cl)cc1[N+](=O)[O-]. The van der Waals surface area contributed by atoms with Crippen molar-refractivity contribution in [1.29, 1.82) is 0 Å². The molecule has 2 aromatic rings. The normalized spacial score (nSPS) is 15.6. The Labute approximate surface area is 160 Å². The number of hydrogen-bond donors (Lipinski definition) is 1. The number of rotatable bonds is 4. The second-order valence-corrected chi connectivity index (χ2v) is 8.54. The van der Waals surface area contributed by atoms with Crippen LogP contribution in [0.25, 0.3) is 0 Å². The molecule has 0 unspecified atom stereocenters. The van der Waals surface area contributed by atoms with E-state index in [9.17, 15) is 23.3 Å². The lowest BCUT2D eigenvalue weighted by atomic mass is 10.1. The first-order valence-corrected chi connectivity index (χ1v) is 10.0. The number of nitro benzene ring substituents is 1. The topological polar surface area (TPSA) is 110 Å². The first-order chi connectivity index (χ1) is 12.7. The van der Waals surface area contributed by atoms with Gasteiger partial charge in [0.15, 0.2) is 0 Å². The molecule has 1 N–H and O–H groups in total. The first kappa shape index (κ1) is 19.1. The zero-order valence-corrected chi connectivity index (χ0v) is 15.9. The Morgan fingerprint density at radius 3 is 2.59 bits per heavy atom. The van der Waals surface area contributed by atoms with Gasteiger partial charge in [-0.1, -0.05) is 17.7 Å². The smallest absolute Gasteiger partial charge is 0.273 e. The standard InChI is InChI=1S/C17H16ClN3O5S/c1-11-3-4-12(9-16(11)21(23)24)17(22)19-15-6-5-13(10-14(15)18)20-7-2-8-27(20,25)26/h3-6,9-10H,2,7-8H2,1H3,(H,19,22). The minimum absolute atomic E-state index is 0.0926. The van der Waals surface area contributed by atoms with Gasteiger partial charge in [0.1, 0.15) is 0 Å². The maximum absolute atomic E-state index is 12.4. The number of sulfonamides is 1. The predicted molar refractivity (Wildman–Crippen MR) is 103 cm³/mol. The molecule has 0 bridgehead atoms. The van der Waals surface area contributed by atoms with Crippen LogP contribution in [0.4, 0.5) is 17.1 Å². The van der Waals surface area contributed by atoms with Crippen LogP contribution >= 0.6 is 11.6 Å². The number of benzene rings is 2. The van der Waals surface area contributed by atoms with Gasteiger partial charge in [0.25, 0.3) is 11.6 Å². The Morgan fingerprint density at radius 1 is 1.26 bits per heavy atom. The monoisotopic (exact) mass is 409 g/mol. The number of nitrogens with zero attached hydrogens (tertiary/aromatic N) is 2. The largest absolute Gasteiger partial charge is 0.321 e. The fourth-order valence-electron chi connectivity index (χ4n) is 2.83. The lowest BCUT2D eigenvalue weighted by Gasteiger charge is -2.18.